The van der Waals surface area contributed by atoms with E-state index < -0.39 is 0 Å². The van der Waals surface area contributed by atoms with Gasteiger partial charge in [0.2, 0.25) is 0 Å². The van der Waals surface area contributed by atoms with Crippen LogP contribution in [0.15, 0.2) is 48.8 Å². The molecule has 0 saturated carbocycles. The molecule has 0 aliphatic carbocycles. The molecule has 5 nitrogen and oxygen atoms in total. The van der Waals surface area contributed by atoms with Crippen LogP contribution in [-0.2, 0) is 6.54 Å². The molecule has 1 N–H and O–H groups in total. The molecule has 3 rings (SSSR count). The summed E-state index contributed by atoms with van der Waals surface area (Å²) in [7, 11) is 0. The van der Waals surface area contributed by atoms with Crippen LogP contribution in [0.5, 0.6) is 0 Å². The number of hydrogen-bond acceptors (Lipinski definition) is 4. The highest BCUT2D eigenvalue weighted by molar-refractivity contribution is 5.94. The van der Waals surface area contributed by atoms with E-state index >= 15 is 0 Å². The summed E-state index contributed by atoms with van der Waals surface area (Å²) >= 11 is 0. The van der Waals surface area contributed by atoms with Crippen molar-refractivity contribution in [3.05, 3.63) is 65.5 Å². The highest BCUT2D eigenvalue weighted by Crippen LogP contribution is 2.12. The lowest BCUT2D eigenvalue weighted by Gasteiger charge is -2.34. The number of aliphatic hydroxyl groups is 1. The van der Waals surface area contributed by atoms with E-state index in [1.54, 1.807) is 18.5 Å². The summed E-state index contributed by atoms with van der Waals surface area (Å²) in [5, 5.41) is 8.77. The van der Waals surface area contributed by atoms with Crippen molar-refractivity contribution in [3.8, 4) is 11.8 Å². The number of nitrogens with zero attached hydrogens (tertiary/aromatic N) is 3. The molecular weight excluding hydrogens is 314 g/mol. The Bertz CT molecular complexity index is 772. The van der Waals surface area contributed by atoms with E-state index in [-0.39, 0.29) is 12.5 Å². The Morgan fingerprint density at radius 1 is 1.12 bits per heavy atom. The Balaban J connectivity index is 1.58. The lowest BCUT2D eigenvalue weighted by Crippen LogP contribution is -2.48. The van der Waals surface area contributed by atoms with E-state index in [9.17, 15) is 4.79 Å². The first-order valence-corrected chi connectivity index (χ1v) is 8.36. The predicted octanol–water partition coefficient (Wildman–Crippen LogP) is 1.38. The van der Waals surface area contributed by atoms with Crippen LogP contribution in [-0.4, -0.2) is 58.6 Å². The third-order valence-corrected chi connectivity index (χ3v) is 4.21. The molecule has 1 aromatic carbocycles. The van der Waals surface area contributed by atoms with Crippen molar-refractivity contribution < 1.29 is 9.90 Å². The average Bonchev–Trinajstić information content (AvgIpc) is 2.67. The quantitative estimate of drug-likeness (QED) is 0.861. The second kappa shape index (κ2) is 8.43. The van der Waals surface area contributed by atoms with Crippen LogP contribution >= 0.6 is 0 Å². The smallest absolute Gasteiger partial charge is 0.255 e. The molecule has 0 atom stereocenters. The maximum Gasteiger partial charge on any atom is 0.255 e. The first-order valence-electron chi connectivity index (χ1n) is 8.36. The highest BCUT2D eigenvalue weighted by atomic mass is 16.2. The number of aliphatic hydroxyl groups excluding tert-OH is 1. The number of amides is 1. The van der Waals surface area contributed by atoms with E-state index in [1.807, 2.05) is 11.0 Å². The van der Waals surface area contributed by atoms with E-state index in [1.165, 1.54) is 5.56 Å². The predicted molar refractivity (Wildman–Crippen MR) is 95.8 cm³/mol. The maximum atomic E-state index is 12.7. The van der Waals surface area contributed by atoms with Gasteiger partial charge in [-0.1, -0.05) is 42.2 Å². The van der Waals surface area contributed by atoms with Crippen molar-refractivity contribution in [1.82, 2.24) is 14.8 Å². The average molecular weight is 335 g/mol. The summed E-state index contributed by atoms with van der Waals surface area (Å²) in [6.07, 6.45) is 3.17. The molecule has 0 unspecified atom stereocenters. The van der Waals surface area contributed by atoms with E-state index in [4.69, 9.17) is 5.11 Å². The van der Waals surface area contributed by atoms with Gasteiger partial charge in [-0.15, -0.1) is 0 Å². The van der Waals surface area contributed by atoms with Crippen LogP contribution in [0.4, 0.5) is 0 Å². The fourth-order valence-corrected chi connectivity index (χ4v) is 2.90. The number of carbonyl (C=O) groups is 1. The van der Waals surface area contributed by atoms with Gasteiger partial charge in [-0.2, -0.15) is 0 Å². The van der Waals surface area contributed by atoms with Gasteiger partial charge in [-0.05, 0) is 11.6 Å². The Morgan fingerprint density at radius 3 is 2.60 bits per heavy atom. The zero-order chi connectivity index (χ0) is 17.5. The van der Waals surface area contributed by atoms with Gasteiger partial charge >= 0.3 is 0 Å². The molecule has 1 aliphatic rings. The SMILES string of the molecule is O=C(c1cncc(C#CCO)c1)N1CCN(Cc2ccccc2)CC1. The molecule has 5 heteroatoms. The normalized spacial score (nSPS) is 14.7. The van der Waals surface area contributed by atoms with Crippen molar-refractivity contribution in [3.63, 3.8) is 0 Å². The summed E-state index contributed by atoms with van der Waals surface area (Å²) in [5.74, 6) is 5.34. The van der Waals surface area contributed by atoms with Crippen LogP contribution in [0, 0.1) is 11.8 Å². The third kappa shape index (κ3) is 4.66. The van der Waals surface area contributed by atoms with Crippen LogP contribution in [0.1, 0.15) is 21.5 Å². The van der Waals surface area contributed by atoms with Gasteiger partial charge in [0.1, 0.15) is 6.61 Å². The first kappa shape index (κ1) is 17.2. The number of hydrogen-bond donors (Lipinski definition) is 1. The Hall–Kier alpha value is -2.68. The Kier molecular flexibility index (Phi) is 5.78. The minimum atomic E-state index is -0.207. The van der Waals surface area contributed by atoms with Crippen molar-refractivity contribution >= 4 is 5.91 Å². The molecule has 25 heavy (non-hydrogen) atoms. The number of rotatable bonds is 3. The molecule has 1 amide bonds. The van der Waals surface area contributed by atoms with E-state index in [0.717, 1.165) is 19.6 Å². The lowest BCUT2D eigenvalue weighted by molar-refractivity contribution is 0.0628. The topological polar surface area (TPSA) is 56.7 Å². The Labute approximate surface area is 147 Å². The van der Waals surface area contributed by atoms with E-state index in [2.05, 4.69) is 46.0 Å². The van der Waals surface area contributed by atoms with Crippen LogP contribution in [0.3, 0.4) is 0 Å². The Morgan fingerprint density at radius 2 is 1.88 bits per heavy atom. The molecule has 0 spiro atoms. The molecule has 1 fully saturated rings. The minimum Gasteiger partial charge on any atom is -0.384 e. The summed E-state index contributed by atoms with van der Waals surface area (Å²) < 4.78 is 0. The molecule has 1 aliphatic heterocycles. The zero-order valence-corrected chi connectivity index (χ0v) is 14.1. The number of piperazine rings is 1. The van der Waals surface area contributed by atoms with Gasteiger partial charge in [-0.3, -0.25) is 14.7 Å². The molecule has 128 valence electrons. The zero-order valence-electron chi connectivity index (χ0n) is 14.1. The lowest BCUT2D eigenvalue weighted by atomic mass is 10.1. The van der Waals surface area contributed by atoms with Gasteiger partial charge < -0.3 is 10.0 Å². The first-order chi connectivity index (χ1) is 12.3. The summed E-state index contributed by atoms with van der Waals surface area (Å²) in [6.45, 7) is 3.84. The fourth-order valence-electron chi connectivity index (χ4n) is 2.90. The minimum absolute atomic E-state index is 0.0143. The van der Waals surface area contributed by atoms with Gasteiger partial charge in [0.05, 0.1) is 5.56 Å². The largest absolute Gasteiger partial charge is 0.384 e. The second-order valence-electron chi connectivity index (χ2n) is 5.98. The van der Waals surface area contributed by atoms with Gasteiger partial charge in [0.15, 0.2) is 0 Å². The maximum absolute atomic E-state index is 12.7. The molecule has 0 radical (unpaired) electrons. The van der Waals surface area contributed by atoms with Gasteiger partial charge in [-0.25, -0.2) is 0 Å². The second-order valence-corrected chi connectivity index (χ2v) is 5.98. The number of pyridine rings is 1. The molecule has 0 bridgehead atoms. The van der Waals surface area contributed by atoms with Crippen molar-refractivity contribution in [1.29, 1.82) is 0 Å². The number of aromatic nitrogens is 1. The van der Waals surface area contributed by atoms with Crippen LogP contribution in [0.2, 0.25) is 0 Å². The molecule has 1 aromatic heterocycles. The summed E-state index contributed by atoms with van der Waals surface area (Å²) in [6, 6.07) is 12.1. The van der Waals surface area contributed by atoms with Crippen LogP contribution < -0.4 is 0 Å². The summed E-state index contributed by atoms with van der Waals surface area (Å²) in [4.78, 5) is 21.0. The number of carbonyl (C=O) groups excluding carboxylic acids is 1. The molecule has 2 aromatic rings. The van der Waals surface area contributed by atoms with Gasteiger partial charge in [0.25, 0.3) is 5.91 Å². The number of benzene rings is 1. The molecular formula is C20H21N3O2. The van der Waals surface area contributed by atoms with E-state index in [0.29, 0.717) is 24.2 Å². The highest BCUT2D eigenvalue weighted by Gasteiger charge is 2.22. The fraction of sp³-hybridized carbons (Fsp3) is 0.300. The summed E-state index contributed by atoms with van der Waals surface area (Å²) in [5.41, 5.74) is 2.48. The van der Waals surface area contributed by atoms with Crippen LogP contribution in [0.25, 0.3) is 0 Å². The molecule has 2 heterocycles. The van der Waals surface area contributed by atoms with Crippen molar-refractivity contribution in [2.24, 2.45) is 0 Å². The third-order valence-electron chi connectivity index (χ3n) is 4.21. The van der Waals surface area contributed by atoms with Crippen molar-refractivity contribution in [2.75, 3.05) is 32.8 Å². The van der Waals surface area contributed by atoms with Crippen molar-refractivity contribution in [2.45, 2.75) is 6.54 Å². The monoisotopic (exact) mass is 335 g/mol. The van der Waals surface area contributed by atoms with Gasteiger partial charge in [0, 0.05) is 50.7 Å². The molecule has 1 saturated heterocycles. The standard InChI is InChI=1S/C20H21N3O2/c24-12-4-7-18-13-19(15-21-14-18)20(25)23-10-8-22(9-11-23)16-17-5-2-1-3-6-17/h1-3,5-6,13-15,24H,8-12,16H2.